The number of rotatable bonds is 6. The number of para-hydroxylation sites is 1. The Bertz CT molecular complexity index is 3350. The molecule has 0 amide bonds. The number of anilines is 3. The molecule has 0 fully saturated rings. The largest absolute Gasteiger partial charge is 0.310 e. The maximum absolute atomic E-state index is 2.52. The highest BCUT2D eigenvalue weighted by Crippen LogP contribution is 2.64. The number of hydrogen-bond acceptors (Lipinski definition) is 1. The molecule has 4 aliphatic rings. The van der Waals surface area contributed by atoms with Crippen LogP contribution in [0.4, 0.5) is 17.1 Å². The molecule has 0 aliphatic heterocycles. The van der Waals surface area contributed by atoms with Crippen molar-refractivity contribution in [2.75, 3.05) is 4.90 Å². The fourth-order valence-electron chi connectivity index (χ4n) is 11.6. The number of allylic oxidation sites excluding steroid dienone is 5. The number of fused-ring (bicyclic) bond motifs is 12. The predicted octanol–water partition coefficient (Wildman–Crippen LogP) is 16.1. The van der Waals surface area contributed by atoms with Crippen molar-refractivity contribution in [3.63, 3.8) is 0 Å². The summed E-state index contributed by atoms with van der Waals surface area (Å²) in [4.78, 5) is 2.46. The molecule has 0 saturated carbocycles. The monoisotopic (exact) mass is 818 g/mol. The van der Waals surface area contributed by atoms with Crippen LogP contribution in [0.1, 0.15) is 53.3 Å². The molecule has 64 heavy (non-hydrogen) atoms. The van der Waals surface area contributed by atoms with E-state index in [0.29, 0.717) is 5.92 Å². The van der Waals surface area contributed by atoms with E-state index in [1.165, 1.54) is 94.6 Å². The lowest BCUT2D eigenvalue weighted by Crippen LogP contribution is -2.27. The third-order valence-corrected chi connectivity index (χ3v) is 14.4. The molecule has 0 N–H and O–H groups in total. The Hall–Kier alpha value is -7.68. The molecule has 4 aliphatic carbocycles. The van der Waals surface area contributed by atoms with Crippen molar-refractivity contribution in [1.29, 1.82) is 0 Å². The van der Waals surface area contributed by atoms with Crippen molar-refractivity contribution in [2.24, 2.45) is 5.92 Å². The second kappa shape index (κ2) is 14.4. The number of aryl methyl sites for hydroxylation is 1. The molecular weight excluding hydrogens is 773 g/mol. The highest BCUT2D eigenvalue weighted by Gasteiger charge is 2.52. The average molecular weight is 819 g/mol. The van der Waals surface area contributed by atoms with Crippen LogP contribution in [0.25, 0.3) is 61.6 Å². The van der Waals surface area contributed by atoms with Gasteiger partial charge in [-0.05, 0) is 164 Å². The molecule has 2 nitrogen and oxygen atoms in total. The molecule has 0 saturated heterocycles. The Morgan fingerprint density at radius 1 is 0.516 bits per heavy atom. The summed E-state index contributed by atoms with van der Waals surface area (Å²) in [5.41, 5.74) is 24.2. The van der Waals surface area contributed by atoms with Crippen LogP contribution in [-0.2, 0) is 11.8 Å². The van der Waals surface area contributed by atoms with Gasteiger partial charge in [-0.3, -0.25) is 0 Å². The van der Waals surface area contributed by atoms with E-state index in [-0.39, 0.29) is 5.41 Å². The van der Waals surface area contributed by atoms with E-state index in [9.17, 15) is 0 Å². The van der Waals surface area contributed by atoms with Crippen LogP contribution >= 0.6 is 0 Å². The van der Waals surface area contributed by atoms with E-state index in [0.717, 1.165) is 36.3 Å². The number of aromatic nitrogens is 1. The lowest BCUT2D eigenvalue weighted by molar-refractivity contribution is 0.725. The summed E-state index contributed by atoms with van der Waals surface area (Å²) in [5.74, 6) is 0.484. The summed E-state index contributed by atoms with van der Waals surface area (Å²) in [7, 11) is 0. The summed E-state index contributed by atoms with van der Waals surface area (Å²) in [6.07, 6.45) is 12.7. The van der Waals surface area contributed by atoms with Crippen LogP contribution in [0.3, 0.4) is 0 Å². The van der Waals surface area contributed by atoms with Gasteiger partial charge < -0.3 is 9.47 Å². The molecule has 0 bridgehead atoms. The van der Waals surface area contributed by atoms with Gasteiger partial charge in [0.1, 0.15) is 0 Å². The number of benzene rings is 8. The van der Waals surface area contributed by atoms with E-state index in [1.807, 2.05) is 0 Å². The molecule has 1 spiro atoms. The minimum Gasteiger partial charge on any atom is -0.310 e. The zero-order chi connectivity index (χ0) is 42.4. The van der Waals surface area contributed by atoms with Crippen molar-refractivity contribution >= 4 is 39.6 Å². The second-order valence-electron chi connectivity index (χ2n) is 18.0. The molecule has 1 atom stereocenters. The Labute approximate surface area is 375 Å². The molecule has 9 aromatic rings. The van der Waals surface area contributed by atoms with Gasteiger partial charge in [-0.15, -0.1) is 0 Å². The topological polar surface area (TPSA) is 8.17 Å². The Morgan fingerprint density at radius 2 is 1.11 bits per heavy atom. The summed E-state index contributed by atoms with van der Waals surface area (Å²) in [5, 5.41) is 1.34. The molecule has 2 heteroatoms. The van der Waals surface area contributed by atoms with Gasteiger partial charge in [-0.25, -0.2) is 0 Å². The molecule has 304 valence electrons. The van der Waals surface area contributed by atoms with Crippen molar-refractivity contribution in [3.8, 4) is 39.1 Å². The van der Waals surface area contributed by atoms with Crippen molar-refractivity contribution in [2.45, 2.75) is 31.6 Å². The number of hydrogen-bond donors (Lipinski definition) is 0. The van der Waals surface area contributed by atoms with Crippen LogP contribution < -0.4 is 4.90 Å². The van der Waals surface area contributed by atoms with Gasteiger partial charge >= 0.3 is 0 Å². The van der Waals surface area contributed by atoms with Crippen molar-refractivity contribution in [1.82, 2.24) is 4.57 Å². The van der Waals surface area contributed by atoms with Crippen LogP contribution in [0.5, 0.6) is 0 Å². The normalized spacial score (nSPS) is 16.1. The van der Waals surface area contributed by atoms with Gasteiger partial charge in [0.25, 0.3) is 0 Å². The molecule has 8 aromatic carbocycles. The SMILES string of the molecule is CC1C=CC2=C(C1)c1ccc(N(c3ccc(-c4ccccc4)cc3)c3ccc(-c4ccc5c(c4)c4c(n5-c5ccccc5)C=CCC4)cc3)cc1C21c2ccccc2-c2ccccc21. The first-order valence-electron chi connectivity index (χ1n) is 22.9. The fourth-order valence-corrected chi connectivity index (χ4v) is 11.6. The molecule has 13 rings (SSSR count). The van der Waals surface area contributed by atoms with Crippen LogP contribution in [0.15, 0.2) is 218 Å². The van der Waals surface area contributed by atoms with Crippen LogP contribution in [0.2, 0.25) is 0 Å². The van der Waals surface area contributed by atoms with Crippen LogP contribution in [0, 0.1) is 5.92 Å². The van der Waals surface area contributed by atoms with Crippen molar-refractivity contribution in [3.05, 3.63) is 251 Å². The molecule has 1 unspecified atom stereocenters. The first-order chi connectivity index (χ1) is 31.6. The zero-order valence-electron chi connectivity index (χ0n) is 35.9. The van der Waals surface area contributed by atoms with Gasteiger partial charge in [0.15, 0.2) is 0 Å². The van der Waals surface area contributed by atoms with Gasteiger partial charge in [-0.1, -0.05) is 159 Å². The lowest BCUT2D eigenvalue weighted by Gasteiger charge is -2.33. The summed E-state index contributed by atoms with van der Waals surface area (Å²) < 4.78 is 2.43. The van der Waals surface area contributed by atoms with E-state index in [1.54, 1.807) is 0 Å². The minimum atomic E-state index is -0.385. The Kier molecular flexibility index (Phi) is 8.33. The molecule has 1 aromatic heterocycles. The molecular formula is C62H46N2. The maximum atomic E-state index is 2.52. The summed E-state index contributed by atoms with van der Waals surface area (Å²) in [6.45, 7) is 2.35. The highest BCUT2D eigenvalue weighted by atomic mass is 15.1. The van der Waals surface area contributed by atoms with E-state index in [2.05, 4.69) is 235 Å². The maximum Gasteiger partial charge on any atom is 0.0722 e. The van der Waals surface area contributed by atoms with Crippen LogP contribution in [-0.4, -0.2) is 4.57 Å². The summed E-state index contributed by atoms with van der Waals surface area (Å²) in [6, 6.07) is 72.4. The van der Waals surface area contributed by atoms with Gasteiger partial charge in [0.2, 0.25) is 0 Å². The standard InChI is InChI=1S/C62H46N2/c1-41-24-36-58-54(38-41)52-35-34-49(40-59(52)62(58)56-21-11-8-18-50(56)51-19-9-12-22-57(51)62)63(47-30-25-43(26-31-47)42-14-4-2-5-15-42)48-32-27-44(28-33-48)45-29-37-61-55(39-45)53-20-10-13-23-60(53)64(61)46-16-6-3-7-17-46/h2-9,11-19,21-37,39-41H,10,20,38H2,1H3. The zero-order valence-corrected chi connectivity index (χ0v) is 35.9. The average Bonchev–Trinajstić information content (AvgIpc) is 3.96. The first-order valence-corrected chi connectivity index (χ1v) is 22.9. The quantitative estimate of drug-likeness (QED) is 0.162. The molecule has 1 heterocycles. The predicted molar refractivity (Wildman–Crippen MR) is 268 cm³/mol. The third kappa shape index (κ3) is 5.45. The Morgan fingerprint density at radius 3 is 1.81 bits per heavy atom. The van der Waals surface area contributed by atoms with Gasteiger partial charge in [-0.2, -0.15) is 0 Å². The Balaban J connectivity index is 0.961. The van der Waals surface area contributed by atoms with Gasteiger partial charge in [0.05, 0.1) is 10.9 Å². The first kappa shape index (κ1) is 36.9. The second-order valence-corrected chi connectivity index (χ2v) is 18.0. The summed E-state index contributed by atoms with van der Waals surface area (Å²) >= 11 is 0. The highest BCUT2D eigenvalue weighted by molar-refractivity contribution is 5.98. The van der Waals surface area contributed by atoms with Gasteiger partial charge in [0, 0.05) is 33.8 Å². The molecule has 0 radical (unpaired) electrons. The van der Waals surface area contributed by atoms with E-state index >= 15 is 0 Å². The lowest BCUT2D eigenvalue weighted by atomic mass is 9.68. The fraction of sp³-hybridized carbons (Fsp3) is 0.0968. The smallest absolute Gasteiger partial charge is 0.0722 e. The third-order valence-electron chi connectivity index (χ3n) is 14.4. The van der Waals surface area contributed by atoms with E-state index in [4.69, 9.17) is 0 Å². The number of nitrogens with zero attached hydrogens (tertiary/aromatic N) is 2. The van der Waals surface area contributed by atoms with E-state index < -0.39 is 0 Å². The minimum absolute atomic E-state index is 0.385. The van der Waals surface area contributed by atoms with Crippen molar-refractivity contribution < 1.29 is 0 Å².